The molecular formula is C45H47BN2O. The van der Waals surface area contributed by atoms with Crippen LogP contribution >= 0.6 is 0 Å². The van der Waals surface area contributed by atoms with E-state index in [2.05, 4.69) is 182 Å². The third kappa shape index (κ3) is 5.02. The summed E-state index contributed by atoms with van der Waals surface area (Å²) in [6.45, 7) is 22.8. The summed E-state index contributed by atoms with van der Waals surface area (Å²) in [5, 5.41) is 1.17. The molecule has 6 aromatic rings. The molecule has 246 valence electrons. The molecule has 0 aliphatic carbocycles. The zero-order chi connectivity index (χ0) is 34.6. The van der Waals surface area contributed by atoms with Crippen LogP contribution in [0.4, 0.5) is 34.3 Å². The van der Waals surface area contributed by atoms with E-state index in [1.54, 1.807) is 0 Å². The van der Waals surface area contributed by atoms with Crippen LogP contribution in [0.2, 0.25) is 0 Å². The van der Waals surface area contributed by atoms with E-state index in [-0.39, 0.29) is 23.0 Å². The van der Waals surface area contributed by atoms with Crippen LogP contribution in [0.1, 0.15) is 84.6 Å². The number of aryl methyl sites for hydroxylation is 1. The van der Waals surface area contributed by atoms with Gasteiger partial charge < -0.3 is 9.32 Å². The molecule has 0 saturated carbocycles. The number of para-hydroxylation sites is 1. The Bertz CT molecular complexity index is 2240. The lowest BCUT2D eigenvalue weighted by atomic mass is 9.33. The second-order valence-corrected chi connectivity index (χ2v) is 17.3. The Hall–Kier alpha value is -4.70. The smallest absolute Gasteiger partial charge is 0.257 e. The number of rotatable bonds is 2. The minimum absolute atomic E-state index is 0.00139. The van der Waals surface area contributed by atoms with Crippen molar-refractivity contribution in [2.45, 2.75) is 85.5 Å². The van der Waals surface area contributed by atoms with E-state index in [0.29, 0.717) is 0 Å². The number of hydrogen-bond acceptors (Lipinski definition) is 3. The molecule has 3 heterocycles. The topological polar surface area (TPSA) is 19.6 Å². The predicted molar refractivity (Wildman–Crippen MR) is 211 cm³/mol. The van der Waals surface area contributed by atoms with Crippen molar-refractivity contribution in [2.75, 3.05) is 9.80 Å². The van der Waals surface area contributed by atoms with Crippen LogP contribution in [0.15, 0.2) is 108 Å². The lowest BCUT2D eigenvalue weighted by molar-refractivity contribution is 0.590. The fourth-order valence-corrected chi connectivity index (χ4v) is 7.83. The molecule has 49 heavy (non-hydrogen) atoms. The molecule has 4 heteroatoms. The van der Waals surface area contributed by atoms with E-state index in [9.17, 15) is 0 Å². The Morgan fingerprint density at radius 1 is 0.510 bits per heavy atom. The molecule has 0 spiro atoms. The molecule has 2 aliphatic rings. The monoisotopic (exact) mass is 642 g/mol. The van der Waals surface area contributed by atoms with Crippen LogP contribution in [0.25, 0.3) is 11.0 Å². The first-order chi connectivity index (χ1) is 23.1. The van der Waals surface area contributed by atoms with Gasteiger partial charge in [-0.1, -0.05) is 117 Å². The van der Waals surface area contributed by atoms with Crippen molar-refractivity contribution >= 4 is 68.4 Å². The van der Waals surface area contributed by atoms with Gasteiger partial charge in [0, 0.05) is 39.3 Å². The molecule has 0 N–H and O–H groups in total. The number of furan rings is 1. The molecule has 0 atom stereocenters. The van der Waals surface area contributed by atoms with Crippen molar-refractivity contribution in [3.05, 3.63) is 125 Å². The van der Waals surface area contributed by atoms with Crippen molar-refractivity contribution in [1.82, 2.24) is 0 Å². The van der Waals surface area contributed by atoms with Gasteiger partial charge in [0.25, 0.3) is 6.71 Å². The highest BCUT2D eigenvalue weighted by Crippen LogP contribution is 2.47. The number of benzene rings is 5. The second-order valence-electron chi connectivity index (χ2n) is 17.3. The van der Waals surface area contributed by atoms with Gasteiger partial charge >= 0.3 is 0 Å². The molecule has 8 rings (SSSR count). The van der Waals surface area contributed by atoms with Gasteiger partial charge in [-0.05, 0) is 105 Å². The summed E-state index contributed by atoms with van der Waals surface area (Å²) in [7, 11) is 0. The molecule has 0 fully saturated rings. The third-order valence-electron chi connectivity index (χ3n) is 10.6. The fraction of sp³-hybridized carbons (Fsp3) is 0.289. The molecule has 2 aliphatic heterocycles. The van der Waals surface area contributed by atoms with Gasteiger partial charge in [0.2, 0.25) is 5.88 Å². The Morgan fingerprint density at radius 3 is 1.59 bits per heavy atom. The summed E-state index contributed by atoms with van der Waals surface area (Å²) in [5.41, 5.74) is 16.1. The predicted octanol–water partition coefficient (Wildman–Crippen LogP) is 10.7. The van der Waals surface area contributed by atoms with Gasteiger partial charge in [-0.15, -0.1) is 0 Å². The van der Waals surface area contributed by atoms with Gasteiger partial charge in [-0.2, -0.15) is 0 Å². The largest absolute Gasteiger partial charge is 0.440 e. The minimum atomic E-state index is 0.00139. The maximum absolute atomic E-state index is 6.93. The standard InChI is InChI=1S/C45H47BN2O/c1-28-25-37-41-38(26-28)48(33-22-17-30(18-23-33)44(5,6)7)42-40(34-13-11-12-14-39(34)49-42)46(41)35-27-31(45(8,9)10)19-24-36(35)47(37)32-20-15-29(16-21-32)43(2,3)4/h11-27H,1-10H3. The Morgan fingerprint density at radius 2 is 1.02 bits per heavy atom. The van der Waals surface area contributed by atoms with E-state index in [0.717, 1.165) is 17.2 Å². The van der Waals surface area contributed by atoms with Crippen LogP contribution in [0.5, 0.6) is 0 Å². The van der Waals surface area contributed by atoms with Crippen LogP contribution in [0, 0.1) is 6.92 Å². The van der Waals surface area contributed by atoms with Crippen molar-refractivity contribution < 1.29 is 4.42 Å². The maximum Gasteiger partial charge on any atom is 0.257 e. The lowest BCUT2D eigenvalue weighted by Gasteiger charge is -2.43. The van der Waals surface area contributed by atoms with Crippen molar-refractivity contribution in [3.8, 4) is 0 Å². The highest BCUT2D eigenvalue weighted by Gasteiger charge is 2.46. The number of nitrogens with zero attached hydrogens (tertiary/aromatic N) is 2. The molecule has 0 saturated heterocycles. The first kappa shape index (κ1) is 31.6. The van der Waals surface area contributed by atoms with Crippen molar-refractivity contribution in [3.63, 3.8) is 0 Å². The van der Waals surface area contributed by atoms with Crippen molar-refractivity contribution in [1.29, 1.82) is 0 Å². The van der Waals surface area contributed by atoms with E-state index in [1.165, 1.54) is 66.8 Å². The molecule has 0 radical (unpaired) electrons. The first-order valence-electron chi connectivity index (χ1n) is 17.7. The highest BCUT2D eigenvalue weighted by molar-refractivity contribution is 7.01. The van der Waals surface area contributed by atoms with Gasteiger partial charge in [-0.25, -0.2) is 0 Å². The summed E-state index contributed by atoms with van der Waals surface area (Å²) >= 11 is 0. The van der Waals surface area contributed by atoms with Gasteiger partial charge in [-0.3, -0.25) is 4.90 Å². The van der Waals surface area contributed by atoms with E-state index in [4.69, 9.17) is 4.42 Å². The third-order valence-corrected chi connectivity index (χ3v) is 10.6. The molecular weight excluding hydrogens is 595 g/mol. The summed E-state index contributed by atoms with van der Waals surface area (Å²) in [6, 6.07) is 38.8. The Balaban J connectivity index is 1.46. The lowest BCUT2D eigenvalue weighted by Crippen LogP contribution is -2.61. The van der Waals surface area contributed by atoms with Crippen molar-refractivity contribution in [2.24, 2.45) is 0 Å². The maximum atomic E-state index is 6.93. The quantitative estimate of drug-likeness (QED) is 0.175. The first-order valence-corrected chi connectivity index (χ1v) is 17.7. The zero-order valence-corrected chi connectivity index (χ0v) is 30.7. The van der Waals surface area contributed by atoms with Gasteiger partial charge in [0.1, 0.15) is 5.58 Å². The van der Waals surface area contributed by atoms with Gasteiger partial charge in [0.05, 0.1) is 0 Å². The SMILES string of the molecule is Cc1cc2c3c(c1)N(c1ccc(C(C)(C)C)cc1)c1oc4ccccc4c1B3c1cc(C(C)(C)C)ccc1N2c1ccc(C(C)(C)C)cc1. The molecule has 1 aromatic heterocycles. The molecule has 5 aromatic carbocycles. The Kier molecular flexibility index (Phi) is 6.86. The summed E-state index contributed by atoms with van der Waals surface area (Å²) < 4.78 is 6.93. The van der Waals surface area contributed by atoms with E-state index < -0.39 is 0 Å². The van der Waals surface area contributed by atoms with E-state index in [1.807, 2.05) is 0 Å². The van der Waals surface area contributed by atoms with Gasteiger partial charge in [0.15, 0.2) is 0 Å². The summed E-state index contributed by atoms with van der Waals surface area (Å²) in [4.78, 5) is 4.88. The van der Waals surface area contributed by atoms with Crippen LogP contribution in [-0.4, -0.2) is 6.71 Å². The average molecular weight is 643 g/mol. The number of fused-ring (bicyclic) bond motifs is 6. The van der Waals surface area contributed by atoms with E-state index >= 15 is 0 Å². The number of anilines is 6. The minimum Gasteiger partial charge on any atom is -0.440 e. The zero-order valence-electron chi connectivity index (χ0n) is 30.7. The average Bonchev–Trinajstić information content (AvgIpc) is 3.42. The van der Waals surface area contributed by atoms with Crippen LogP contribution in [0.3, 0.4) is 0 Å². The number of hydrogen-bond donors (Lipinski definition) is 0. The summed E-state index contributed by atoms with van der Waals surface area (Å²) in [6.07, 6.45) is 0. The van der Waals surface area contributed by atoms with Crippen LogP contribution in [-0.2, 0) is 16.2 Å². The van der Waals surface area contributed by atoms with Crippen LogP contribution < -0.4 is 26.2 Å². The molecule has 0 unspecified atom stereocenters. The molecule has 0 bridgehead atoms. The molecule has 0 amide bonds. The summed E-state index contributed by atoms with van der Waals surface area (Å²) in [5.74, 6) is 0.911. The second kappa shape index (κ2) is 10.7. The highest BCUT2D eigenvalue weighted by atomic mass is 16.4. The fourth-order valence-electron chi connectivity index (χ4n) is 7.83. The Labute approximate surface area is 292 Å². The molecule has 3 nitrogen and oxygen atoms in total. The normalized spacial score (nSPS) is 14.2.